The second-order valence-corrected chi connectivity index (χ2v) is 4.04. The van der Waals surface area contributed by atoms with E-state index in [-0.39, 0.29) is 0 Å². The lowest BCUT2D eigenvalue weighted by molar-refractivity contribution is 0.301. The lowest BCUT2D eigenvalue weighted by atomic mass is 10.3. The van der Waals surface area contributed by atoms with Gasteiger partial charge in [0.2, 0.25) is 5.13 Å². The molecule has 0 aliphatic rings. The van der Waals surface area contributed by atoms with Gasteiger partial charge in [0.05, 0.1) is 0 Å². The van der Waals surface area contributed by atoms with Crippen LogP contribution >= 0.6 is 22.9 Å². The predicted octanol–water partition coefficient (Wildman–Crippen LogP) is 1.75. The second-order valence-electron chi connectivity index (χ2n) is 2.68. The molecule has 2 N–H and O–H groups in total. The first-order valence-corrected chi connectivity index (χ1v) is 5.26. The Bertz CT molecular complexity index is 444. The van der Waals surface area contributed by atoms with E-state index < -0.39 is 0 Å². The van der Waals surface area contributed by atoms with Gasteiger partial charge in [-0.25, -0.2) is 4.98 Å². The Labute approximate surface area is 94.9 Å². The van der Waals surface area contributed by atoms with E-state index in [1.807, 2.05) is 6.07 Å². The molecule has 2 rings (SSSR count). The van der Waals surface area contributed by atoms with Crippen molar-refractivity contribution in [2.24, 2.45) is 0 Å². The Morgan fingerprint density at radius 2 is 2.27 bits per heavy atom. The van der Waals surface area contributed by atoms with E-state index in [4.69, 9.17) is 22.1 Å². The predicted molar refractivity (Wildman–Crippen MR) is 57.9 cm³/mol. The molecule has 0 saturated heterocycles. The van der Waals surface area contributed by atoms with Crippen molar-refractivity contribution in [3.05, 3.63) is 29.0 Å². The van der Waals surface area contributed by atoms with Gasteiger partial charge in [0.25, 0.3) is 5.19 Å². The number of nitrogen functional groups attached to an aromatic ring is 1. The quantitative estimate of drug-likeness (QED) is 0.830. The molecule has 0 radical (unpaired) electrons. The number of hydrogen-bond donors (Lipinski definition) is 1. The van der Waals surface area contributed by atoms with Crippen LogP contribution in [0.5, 0.6) is 5.19 Å². The number of halogens is 1. The SMILES string of the molecule is Nc1nnc(OCc2ccc(Cl)nc2)s1. The number of rotatable bonds is 3. The zero-order chi connectivity index (χ0) is 10.7. The summed E-state index contributed by atoms with van der Waals surface area (Å²) >= 11 is 6.84. The minimum absolute atomic E-state index is 0.374. The molecule has 0 aliphatic carbocycles. The highest BCUT2D eigenvalue weighted by Gasteiger charge is 2.02. The van der Waals surface area contributed by atoms with Crippen molar-refractivity contribution in [2.75, 3.05) is 5.73 Å². The maximum absolute atomic E-state index is 5.64. The molecule has 0 spiro atoms. The molecule has 0 aromatic carbocycles. The topological polar surface area (TPSA) is 73.9 Å². The van der Waals surface area contributed by atoms with Gasteiger partial charge in [0, 0.05) is 11.8 Å². The molecule has 0 saturated carbocycles. The van der Waals surface area contributed by atoms with Crippen LogP contribution in [0.15, 0.2) is 18.3 Å². The number of nitrogens with zero attached hydrogens (tertiary/aromatic N) is 3. The summed E-state index contributed by atoms with van der Waals surface area (Å²) in [6.07, 6.45) is 1.65. The molecule has 5 nitrogen and oxygen atoms in total. The monoisotopic (exact) mass is 242 g/mol. The fraction of sp³-hybridized carbons (Fsp3) is 0.125. The molecule has 0 atom stereocenters. The minimum Gasteiger partial charge on any atom is -0.464 e. The highest BCUT2D eigenvalue weighted by atomic mass is 35.5. The number of pyridine rings is 1. The summed E-state index contributed by atoms with van der Waals surface area (Å²) in [4.78, 5) is 3.92. The second kappa shape index (κ2) is 4.41. The van der Waals surface area contributed by atoms with Crippen LogP contribution in [0, 0.1) is 0 Å². The van der Waals surface area contributed by atoms with Crippen LogP contribution < -0.4 is 10.5 Å². The van der Waals surface area contributed by atoms with Gasteiger partial charge in [-0.1, -0.05) is 22.8 Å². The van der Waals surface area contributed by atoms with Crippen molar-refractivity contribution in [1.82, 2.24) is 15.2 Å². The van der Waals surface area contributed by atoms with Crippen LogP contribution in [0.1, 0.15) is 5.56 Å². The van der Waals surface area contributed by atoms with E-state index in [0.29, 0.717) is 22.1 Å². The average molecular weight is 243 g/mol. The molecule has 7 heteroatoms. The fourth-order valence-corrected chi connectivity index (χ4v) is 1.49. The smallest absolute Gasteiger partial charge is 0.296 e. The summed E-state index contributed by atoms with van der Waals surface area (Å²) in [6.45, 7) is 0.374. The van der Waals surface area contributed by atoms with Crippen molar-refractivity contribution in [2.45, 2.75) is 6.61 Å². The third kappa shape index (κ3) is 2.77. The third-order valence-electron chi connectivity index (χ3n) is 1.57. The van der Waals surface area contributed by atoms with Gasteiger partial charge in [-0.3, -0.25) is 0 Å². The van der Waals surface area contributed by atoms with Gasteiger partial charge in [0.15, 0.2) is 0 Å². The Morgan fingerprint density at radius 3 is 2.87 bits per heavy atom. The van der Waals surface area contributed by atoms with Crippen LogP contribution in [-0.4, -0.2) is 15.2 Å². The van der Waals surface area contributed by atoms with E-state index in [0.717, 1.165) is 5.56 Å². The van der Waals surface area contributed by atoms with Crippen molar-refractivity contribution in [3.63, 3.8) is 0 Å². The van der Waals surface area contributed by atoms with Gasteiger partial charge >= 0.3 is 0 Å². The highest BCUT2D eigenvalue weighted by molar-refractivity contribution is 7.16. The zero-order valence-corrected chi connectivity index (χ0v) is 9.13. The van der Waals surface area contributed by atoms with E-state index in [1.54, 1.807) is 12.3 Å². The van der Waals surface area contributed by atoms with Crippen LogP contribution in [0.2, 0.25) is 5.15 Å². The fourth-order valence-electron chi connectivity index (χ4n) is 0.916. The Balaban J connectivity index is 1.96. The lowest BCUT2D eigenvalue weighted by Crippen LogP contribution is -1.95. The van der Waals surface area contributed by atoms with E-state index in [9.17, 15) is 0 Å². The standard InChI is InChI=1S/C8H7ClN4OS/c9-6-2-1-5(3-11-6)4-14-8-13-12-7(10)15-8/h1-3H,4H2,(H2,10,12). The van der Waals surface area contributed by atoms with Crippen molar-refractivity contribution >= 4 is 28.1 Å². The summed E-state index contributed by atoms with van der Waals surface area (Å²) in [7, 11) is 0. The van der Waals surface area contributed by atoms with Gasteiger partial charge < -0.3 is 10.5 Å². The van der Waals surface area contributed by atoms with Crippen LogP contribution in [0.4, 0.5) is 5.13 Å². The van der Waals surface area contributed by atoms with Crippen LogP contribution in [0.3, 0.4) is 0 Å². The van der Waals surface area contributed by atoms with Gasteiger partial charge in [-0.05, 0) is 17.4 Å². The molecule has 0 bridgehead atoms. The molecule has 78 valence electrons. The number of aromatic nitrogens is 3. The number of nitrogens with two attached hydrogens (primary N) is 1. The minimum atomic E-state index is 0.374. The number of ether oxygens (including phenoxy) is 1. The average Bonchev–Trinajstić information content (AvgIpc) is 2.64. The summed E-state index contributed by atoms with van der Waals surface area (Å²) in [6, 6.07) is 3.54. The van der Waals surface area contributed by atoms with E-state index >= 15 is 0 Å². The van der Waals surface area contributed by atoms with Crippen molar-refractivity contribution < 1.29 is 4.74 Å². The van der Waals surface area contributed by atoms with Gasteiger partial charge in [-0.15, -0.1) is 5.10 Å². The molecule has 15 heavy (non-hydrogen) atoms. The zero-order valence-electron chi connectivity index (χ0n) is 7.55. The first-order valence-electron chi connectivity index (χ1n) is 4.06. The van der Waals surface area contributed by atoms with Crippen LogP contribution in [0.25, 0.3) is 0 Å². The Morgan fingerprint density at radius 1 is 1.40 bits per heavy atom. The highest BCUT2D eigenvalue weighted by Crippen LogP contribution is 2.20. The molecule has 2 aromatic heterocycles. The van der Waals surface area contributed by atoms with E-state index in [2.05, 4.69) is 15.2 Å². The number of anilines is 1. The molecule has 2 heterocycles. The van der Waals surface area contributed by atoms with Crippen LogP contribution in [-0.2, 0) is 6.61 Å². The van der Waals surface area contributed by atoms with Crippen molar-refractivity contribution in [3.8, 4) is 5.19 Å². The van der Waals surface area contributed by atoms with Gasteiger partial charge in [0.1, 0.15) is 11.8 Å². The molecule has 2 aromatic rings. The summed E-state index contributed by atoms with van der Waals surface area (Å²) in [5.74, 6) is 0. The summed E-state index contributed by atoms with van der Waals surface area (Å²) < 4.78 is 5.33. The first kappa shape index (κ1) is 10.1. The van der Waals surface area contributed by atoms with Crippen molar-refractivity contribution in [1.29, 1.82) is 0 Å². The summed E-state index contributed by atoms with van der Waals surface area (Å²) in [5.41, 5.74) is 6.31. The molecular weight excluding hydrogens is 236 g/mol. The van der Waals surface area contributed by atoms with E-state index in [1.165, 1.54) is 11.3 Å². The molecule has 0 aliphatic heterocycles. The first-order chi connectivity index (χ1) is 7.24. The normalized spacial score (nSPS) is 10.2. The molecule has 0 unspecified atom stereocenters. The maximum Gasteiger partial charge on any atom is 0.296 e. The molecule has 0 amide bonds. The molecule has 0 fully saturated rings. The van der Waals surface area contributed by atoms with Gasteiger partial charge in [-0.2, -0.15) is 0 Å². The maximum atomic E-state index is 5.64. The Kier molecular flexibility index (Phi) is 2.98. The number of hydrogen-bond acceptors (Lipinski definition) is 6. The largest absolute Gasteiger partial charge is 0.464 e. The summed E-state index contributed by atoms with van der Waals surface area (Å²) in [5, 5.41) is 8.64. The lowest BCUT2D eigenvalue weighted by Gasteiger charge is -2.00. The Hall–Kier alpha value is -1.40. The molecular formula is C8H7ClN4OS. The third-order valence-corrected chi connectivity index (χ3v) is 2.46.